The Balaban J connectivity index is 1.92. The van der Waals surface area contributed by atoms with E-state index in [0.29, 0.717) is 13.0 Å². The second-order valence-corrected chi connectivity index (χ2v) is 7.94. The monoisotopic (exact) mass is 302 g/mol. The van der Waals surface area contributed by atoms with Crippen LogP contribution in [0.5, 0.6) is 0 Å². The van der Waals surface area contributed by atoms with Crippen molar-refractivity contribution >= 4 is 15.9 Å². The predicted molar refractivity (Wildman–Crippen MR) is 78.9 cm³/mol. The SMILES string of the molecule is CS(=O)(=O)N(CCC(=O)N1CCCC1)C1CCCCC1. The number of carbonyl (C=O) groups is 1. The summed E-state index contributed by atoms with van der Waals surface area (Å²) in [5, 5.41) is 0. The molecule has 1 aliphatic heterocycles. The van der Waals surface area contributed by atoms with Crippen molar-refractivity contribution in [3.05, 3.63) is 0 Å². The van der Waals surface area contributed by atoms with E-state index in [1.807, 2.05) is 4.90 Å². The van der Waals surface area contributed by atoms with Gasteiger partial charge in [0.15, 0.2) is 0 Å². The van der Waals surface area contributed by atoms with Crippen molar-refractivity contribution in [1.29, 1.82) is 0 Å². The van der Waals surface area contributed by atoms with Crippen LogP contribution >= 0.6 is 0 Å². The summed E-state index contributed by atoms with van der Waals surface area (Å²) in [6, 6.07) is 0.102. The van der Waals surface area contributed by atoms with Gasteiger partial charge in [0.1, 0.15) is 0 Å². The lowest BCUT2D eigenvalue weighted by atomic mass is 9.95. The highest BCUT2D eigenvalue weighted by atomic mass is 32.2. The summed E-state index contributed by atoms with van der Waals surface area (Å²) in [7, 11) is -3.22. The van der Waals surface area contributed by atoms with E-state index in [-0.39, 0.29) is 11.9 Å². The van der Waals surface area contributed by atoms with Crippen molar-refractivity contribution in [1.82, 2.24) is 9.21 Å². The summed E-state index contributed by atoms with van der Waals surface area (Å²) in [5.74, 6) is 0.104. The maximum atomic E-state index is 12.1. The van der Waals surface area contributed by atoms with E-state index in [0.717, 1.165) is 51.6 Å². The Morgan fingerprint density at radius 3 is 2.25 bits per heavy atom. The van der Waals surface area contributed by atoms with Gasteiger partial charge in [-0.1, -0.05) is 19.3 Å². The molecule has 2 rings (SSSR count). The van der Waals surface area contributed by atoms with E-state index in [2.05, 4.69) is 0 Å². The number of rotatable bonds is 5. The maximum absolute atomic E-state index is 12.1. The molecule has 5 nitrogen and oxygen atoms in total. The standard InChI is InChI=1S/C14H26N2O3S/c1-20(18,19)16(13-7-3-2-4-8-13)12-9-14(17)15-10-5-6-11-15/h13H,2-12H2,1H3. The molecule has 0 aromatic heterocycles. The van der Waals surface area contributed by atoms with Gasteiger partial charge in [-0.25, -0.2) is 8.42 Å². The molecule has 6 heteroatoms. The molecule has 1 aliphatic carbocycles. The minimum absolute atomic E-state index is 0.102. The molecule has 1 amide bonds. The number of likely N-dealkylation sites (tertiary alicyclic amines) is 1. The van der Waals surface area contributed by atoms with Crippen LogP contribution in [0.25, 0.3) is 0 Å². The lowest BCUT2D eigenvalue weighted by Crippen LogP contribution is -2.43. The van der Waals surface area contributed by atoms with Crippen LogP contribution in [0.2, 0.25) is 0 Å². The first-order chi connectivity index (χ1) is 9.48. The van der Waals surface area contributed by atoms with Crippen LogP contribution < -0.4 is 0 Å². The summed E-state index contributed by atoms with van der Waals surface area (Å²) in [5.41, 5.74) is 0. The van der Waals surface area contributed by atoms with Crippen molar-refractivity contribution in [2.45, 2.75) is 57.4 Å². The smallest absolute Gasteiger partial charge is 0.223 e. The first kappa shape index (κ1) is 15.8. The Kier molecular flexibility index (Phi) is 5.43. The lowest BCUT2D eigenvalue weighted by Gasteiger charge is -2.32. The number of amides is 1. The molecule has 1 heterocycles. The van der Waals surface area contributed by atoms with Crippen molar-refractivity contribution in [3.63, 3.8) is 0 Å². The van der Waals surface area contributed by atoms with Gasteiger partial charge in [-0.2, -0.15) is 4.31 Å². The lowest BCUT2D eigenvalue weighted by molar-refractivity contribution is -0.130. The van der Waals surface area contributed by atoms with Gasteiger partial charge < -0.3 is 4.90 Å². The van der Waals surface area contributed by atoms with E-state index >= 15 is 0 Å². The molecule has 0 bridgehead atoms. The van der Waals surface area contributed by atoms with Crippen LogP contribution in [0.4, 0.5) is 0 Å². The van der Waals surface area contributed by atoms with E-state index in [4.69, 9.17) is 0 Å². The quantitative estimate of drug-likeness (QED) is 0.775. The number of hydrogen-bond acceptors (Lipinski definition) is 3. The molecule has 116 valence electrons. The largest absolute Gasteiger partial charge is 0.343 e. The zero-order valence-electron chi connectivity index (χ0n) is 12.4. The zero-order valence-corrected chi connectivity index (χ0v) is 13.2. The van der Waals surface area contributed by atoms with Gasteiger partial charge in [-0.15, -0.1) is 0 Å². The van der Waals surface area contributed by atoms with Crippen LogP contribution in [0, 0.1) is 0 Å². The number of carbonyl (C=O) groups excluding carboxylic acids is 1. The van der Waals surface area contributed by atoms with Gasteiger partial charge >= 0.3 is 0 Å². The fraction of sp³-hybridized carbons (Fsp3) is 0.929. The molecular weight excluding hydrogens is 276 g/mol. The van der Waals surface area contributed by atoms with Crippen LogP contribution in [-0.2, 0) is 14.8 Å². The molecule has 0 atom stereocenters. The van der Waals surface area contributed by atoms with Gasteiger partial charge in [0.2, 0.25) is 15.9 Å². The Morgan fingerprint density at radius 1 is 1.10 bits per heavy atom. The minimum atomic E-state index is -3.22. The molecule has 0 aromatic carbocycles. The normalized spacial score (nSPS) is 21.6. The topological polar surface area (TPSA) is 57.7 Å². The second-order valence-electron chi connectivity index (χ2n) is 6.00. The Morgan fingerprint density at radius 2 is 1.70 bits per heavy atom. The summed E-state index contributed by atoms with van der Waals surface area (Å²) < 4.78 is 25.5. The van der Waals surface area contributed by atoms with E-state index in [9.17, 15) is 13.2 Å². The highest BCUT2D eigenvalue weighted by Crippen LogP contribution is 2.24. The number of sulfonamides is 1. The molecule has 1 saturated heterocycles. The van der Waals surface area contributed by atoms with Gasteiger partial charge in [0.25, 0.3) is 0 Å². The molecule has 2 fully saturated rings. The van der Waals surface area contributed by atoms with Crippen LogP contribution in [0.15, 0.2) is 0 Å². The third-order valence-electron chi connectivity index (χ3n) is 4.41. The van der Waals surface area contributed by atoms with E-state index in [1.54, 1.807) is 4.31 Å². The highest BCUT2D eigenvalue weighted by molar-refractivity contribution is 7.88. The molecule has 0 N–H and O–H groups in total. The summed E-state index contributed by atoms with van der Waals surface area (Å²) in [6.07, 6.45) is 8.99. The molecule has 0 unspecified atom stereocenters. The molecule has 0 spiro atoms. The number of nitrogens with zero attached hydrogens (tertiary/aromatic N) is 2. The van der Waals surface area contributed by atoms with Crippen molar-refractivity contribution in [2.24, 2.45) is 0 Å². The molecule has 1 saturated carbocycles. The average molecular weight is 302 g/mol. The first-order valence-electron chi connectivity index (χ1n) is 7.73. The van der Waals surface area contributed by atoms with Crippen molar-refractivity contribution in [2.75, 3.05) is 25.9 Å². The van der Waals surface area contributed by atoms with Gasteiger partial charge in [0.05, 0.1) is 6.26 Å². The highest BCUT2D eigenvalue weighted by Gasteiger charge is 2.29. The van der Waals surface area contributed by atoms with Crippen molar-refractivity contribution in [3.8, 4) is 0 Å². The molecule has 0 aromatic rings. The van der Waals surface area contributed by atoms with E-state index < -0.39 is 10.0 Å². The predicted octanol–water partition coefficient (Wildman–Crippen LogP) is 1.59. The van der Waals surface area contributed by atoms with Crippen LogP contribution in [-0.4, -0.2) is 55.5 Å². The molecule has 0 radical (unpaired) electrons. The molecule has 20 heavy (non-hydrogen) atoms. The fourth-order valence-corrected chi connectivity index (χ4v) is 4.49. The second kappa shape index (κ2) is 6.89. The van der Waals surface area contributed by atoms with E-state index in [1.165, 1.54) is 12.7 Å². The minimum Gasteiger partial charge on any atom is -0.343 e. The molecular formula is C14H26N2O3S. The first-order valence-corrected chi connectivity index (χ1v) is 9.58. The zero-order chi connectivity index (χ0) is 14.6. The Labute approximate surface area is 122 Å². The van der Waals surface area contributed by atoms with Gasteiger partial charge in [-0.3, -0.25) is 4.79 Å². The Bertz CT molecular complexity index is 424. The van der Waals surface area contributed by atoms with Gasteiger partial charge in [0, 0.05) is 32.1 Å². The number of hydrogen-bond donors (Lipinski definition) is 0. The van der Waals surface area contributed by atoms with Crippen molar-refractivity contribution < 1.29 is 13.2 Å². The summed E-state index contributed by atoms with van der Waals surface area (Å²) >= 11 is 0. The van der Waals surface area contributed by atoms with Gasteiger partial charge in [-0.05, 0) is 25.7 Å². The van der Waals surface area contributed by atoms with Crippen LogP contribution in [0.3, 0.4) is 0 Å². The summed E-state index contributed by atoms with van der Waals surface area (Å²) in [6.45, 7) is 2.01. The average Bonchev–Trinajstić information content (AvgIpc) is 2.92. The van der Waals surface area contributed by atoms with Crippen LogP contribution in [0.1, 0.15) is 51.4 Å². The third-order valence-corrected chi connectivity index (χ3v) is 5.75. The third kappa shape index (κ3) is 4.19. The fourth-order valence-electron chi connectivity index (χ4n) is 3.32. The Hall–Kier alpha value is -0.620. The maximum Gasteiger partial charge on any atom is 0.223 e. The summed E-state index contributed by atoms with van der Waals surface area (Å²) in [4.78, 5) is 13.9. The molecule has 2 aliphatic rings.